The molecule has 0 aromatic heterocycles. The molecule has 0 saturated carbocycles. The molecule has 1 aromatic carbocycles. The number of nitrogens with zero attached hydrogens (tertiary/aromatic N) is 1. The van der Waals surface area contributed by atoms with E-state index in [1.54, 1.807) is 30.2 Å². The number of likely N-dealkylation sites (tertiary alicyclic amines) is 1. The van der Waals surface area contributed by atoms with Crippen LogP contribution in [0, 0.1) is 5.92 Å². The first-order valence-corrected chi connectivity index (χ1v) is 7.83. The number of hydrogen-bond acceptors (Lipinski definition) is 4. The normalized spacial score (nSPS) is 23.3. The number of carbonyl (C=O) groups is 1. The van der Waals surface area contributed by atoms with Crippen molar-refractivity contribution in [2.24, 2.45) is 5.92 Å². The Morgan fingerprint density at radius 3 is 3.05 bits per heavy atom. The van der Waals surface area contributed by atoms with Crippen molar-refractivity contribution in [2.75, 3.05) is 33.4 Å². The maximum atomic E-state index is 12.4. The maximum Gasteiger partial charge on any atom is 0.254 e. The van der Waals surface area contributed by atoms with E-state index in [2.05, 4.69) is 0 Å². The fourth-order valence-electron chi connectivity index (χ4n) is 3.49. The predicted molar refractivity (Wildman–Crippen MR) is 81.9 cm³/mol. The molecule has 5 heteroatoms. The van der Waals surface area contributed by atoms with Crippen LogP contribution in [0.25, 0.3) is 0 Å². The van der Waals surface area contributed by atoms with Gasteiger partial charge in [0.2, 0.25) is 0 Å². The standard InChI is InChI=1S/C17H23NO4/c1-21-7-5-13-6-8-22-17(10-13)11-18(12-17)16(20)14-3-2-4-15(19)9-14/h2-4,9,13,19H,5-8,10-12H2,1H3/t13-/m0/s1. The molecular weight excluding hydrogens is 282 g/mol. The zero-order valence-corrected chi connectivity index (χ0v) is 13.0. The summed E-state index contributed by atoms with van der Waals surface area (Å²) in [6, 6.07) is 6.50. The Hall–Kier alpha value is -1.59. The molecule has 0 unspecified atom stereocenters. The molecule has 1 amide bonds. The highest BCUT2D eigenvalue weighted by molar-refractivity contribution is 5.95. The third kappa shape index (κ3) is 3.10. The summed E-state index contributed by atoms with van der Waals surface area (Å²) in [5, 5.41) is 9.49. The molecule has 120 valence electrons. The average molecular weight is 305 g/mol. The van der Waals surface area contributed by atoms with Gasteiger partial charge >= 0.3 is 0 Å². The number of phenols is 1. The summed E-state index contributed by atoms with van der Waals surface area (Å²) < 4.78 is 11.1. The van der Waals surface area contributed by atoms with Crippen molar-refractivity contribution in [2.45, 2.75) is 24.9 Å². The number of rotatable bonds is 4. The minimum absolute atomic E-state index is 0.0378. The van der Waals surface area contributed by atoms with Crippen LogP contribution >= 0.6 is 0 Å². The Bertz CT molecular complexity index is 539. The first kappa shape index (κ1) is 15.3. The third-order valence-corrected chi connectivity index (χ3v) is 4.66. The van der Waals surface area contributed by atoms with Gasteiger partial charge in [0, 0.05) is 25.9 Å². The molecule has 2 heterocycles. The van der Waals surface area contributed by atoms with Crippen molar-refractivity contribution >= 4 is 5.91 Å². The number of aromatic hydroxyl groups is 1. The van der Waals surface area contributed by atoms with E-state index in [0.717, 1.165) is 32.5 Å². The second-order valence-electron chi connectivity index (χ2n) is 6.38. The van der Waals surface area contributed by atoms with E-state index in [4.69, 9.17) is 9.47 Å². The van der Waals surface area contributed by atoms with Gasteiger partial charge in [-0.3, -0.25) is 4.79 Å². The van der Waals surface area contributed by atoms with Crippen molar-refractivity contribution in [1.29, 1.82) is 0 Å². The smallest absolute Gasteiger partial charge is 0.254 e. The Kier molecular flexibility index (Phi) is 4.36. The summed E-state index contributed by atoms with van der Waals surface area (Å²) in [6.07, 6.45) is 3.13. The molecule has 1 spiro atoms. The first-order valence-electron chi connectivity index (χ1n) is 7.83. The van der Waals surface area contributed by atoms with Crippen molar-refractivity contribution in [3.05, 3.63) is 29.8 Å². The highest BCUT2D eigenvalue weighted by Gasteiger charge is 2.49. The summed E-state index contributed by atoms with van der Waals surface area (Å²) in [5.74, 6) is 0.700. The minimum atomic E-state index is -0.164. The van der Waals surface area contributed by atoms with Gasteiger partial charge in [0.15, 0.2) is 0 Å². The summed E-state index contributed by atoms with van der Waals surface area (Å²) >= 11 is 0. The lowest BCUT2D eigenvalue weighted by Gasteiger charge is -2.53. The van der Waals surface area contributed by atoms with E-state index >= 15 is 0 Å². The van der Waals surface area contributed by atoms with Crippen molar-refractivity contribution in [3.8, 4) is 5.75 Å². The quantitative estimate of drug-likeness (QED) is 0.925. The first-order chi connectivity index (χ1) is 10.6. The topological polar surface area (TPSA) is 59.0 Å². The molecule has 0 radical (unpaired) electrons. The van der Waals surface area contributed by atoms with E-state index in [9.17, 15) is 9.90 Å². The van der Waals surface area contributed by atoms with Crippen LogP contribution in [0.15, 0.2) is 24.3 Å². The average Bonchev–Trinajstić information content (AvgIpc) is 2.50. The molecule has 3 rings (SSSR count). The second-order valence-corrected chi connectivity index (χ2v) is 6.38. The van der Waals surface area contributed by atoms with Crippen LogP contribution < -0.4 is 0 Å². The number of amides is 1. The van der Waals surface area contributed by atoms with Crippen LogP contribution in [0.1, 0.15) is 29.6 Å². The summed E-state index contributed by atoms with van der Waals surface area (Å²) in [6.45, 7) is 2.84. The molecule has 1 N–H and O–H groups in total. The van der Waals surface area contributed by atoms with Crippen molar-refractivity contribution in [1.82, 2.24) is 4.90 Å². The summed E-state index contributed by atoms with van der Waals surface area (Å²) in [4.78, 5) is 14.2. The van der Waals surface area contributed by atoms with Crippen LogP contribution in [-0.4, -0.2) is 54.9 Å². The van der Waals surface area contributed by atoms with Gasteiger partial charge in [-0.2, -0.15) is 0 Å². The lowest BCUT2D eigenvalue weighted by atomic mass is 9.79. The number of ether oxygens (including phenoxy) is 2. The molecule has 2 saturated heterocycles. The summed E-state index contributed by atoms with van der Waals surface area (Å²) in [5.41, 5.74) is 0.366. The monoisotopic (exact) mass is 305 g/mol. The fraction of sp³-hybridized carbons (Fsp3) is 0.588. The number of methoxy groups -OCH3 is 1. The van der Waals surface area contributed by atoms with Crippen LogP contribution in [0.3, 0.4) is 0 Å². The van der Waals surface area contributed by atoms with Crippen LogP contribution in [0.4, 0.5) is 0 Å². The molecule has 22 heavy (non-hydrogen) atoms. The summed E-state index contributed by atoms with van der Waals surface area (Å²) in [7, 11) is 1.73. The van der Waals surface area contributed by atoms with Gasteiger partial charge in [0.1, 0.15) is 11.4 Å². The van der Waals surface area contributed by atoms with Crippen LogP contribution in [0.5, 0.6) is 5.75 Å². The number of phenolic OH excluding ortho intramolecular Hbond substituents is 1. The van der Waals surface area contributed by atoms with Gasteiger partial charge in [-0.05, 0) is 43.4 Å². The lowest BCUT2D eigenvalue weighted by Crippen LogP contribution is -2.66. The van der Waals surface area contributed by atoms with E-state index < -0.39 is 0 Å². The maximum absolute atomic E-state index is 12.4. The van der Waals surface area contributed by atoms with Crippen molar-refractivity contribution < 1.29 is 19.4 Å². The fourth-order valence-corrected chi connectivity index (χ4v) is 3.49. The Morgan fingerprint density at radius 2 is 2.32 bits per heavy atom. The molecule has 1 atom stereocenters. The Labute approximate surface area is 130 Å². The Morgan fingerprint density at radius 1 is 1.50 bits per heavy atom. The third-order valence-electron chi connectivity index (χ3n) is 4.66. The van der Waals surface area contributed by atoms with Gasteiger partial charge in [0.05, 0.1) is 13.1 Å². The molecule has 0 bridgehead atoms. The van der Waals surface area contributed by atoms with Gasteiger partial charge in [-0.15, -0.1) is 0 Å². The molecule has 1 aromatic rings. The van der Waals surface area contributed by atoms with E-state index in [0.29, 0.717) is 24.6 Å². The van der Waals surface area contributed by atoms with E-state index in [-0.39, 0.29) is 17.3 Å². The van der Waals surface area contributed by atoms with Crippen LogP contribution in [-0.2, 0) is 9.47 Å². The highest BCUT2D eigenvalue weighted by Crippen LogP contribution is 2.38. The van der Waals surface area contributed by atoms with Gasteiger partial charge in [0.25, 0.3) is 5.91 Å². The highest BCUT2D eigenvalue weighted by atomic mass is 16.5. The number of carbonyl (C=O) groups excluding carboxylic acids is 1. The molecule has 5 nitrogen and oxygen atoms in total. The molecule has 2 aliphatic heterocycles. The Balaban J connectivity index is 1.57. The van der Waals surface area contributed by atoms with Gasteiger partial charge in [-0.1, -0.05) is 6.07 Å². The SMILES string of the molecule is COCC[C@H]1CCOC2(C1)CN(C(=O)c1cccc(O)c1)C2. The second kappa shape index (κ2) is 6.26. The number of benzene rings is 1. The molecule has 0 aliphatic carbocycles. The van der Waals surface area contributed by atoms with Gasteiger partial charge in [-0.25, -0.2) is 0 Å². The van der Waals surface area contributed by atoms with Gasteiger partial charge < -0.3 is 19.5 Å². The molecule has 2 aliphatic rings. The van der Waals surface area contributed by atoms with E-state index in [1.165, 1.54) is 6.07 Å². The molecule has 2 fully saturated rings. The zero-order chi connectivity index (χ0) is 15.6. The van der Waals surface area contributed by atoms with E-state index in [1.807, 2.05) is 0 Å². The minimum Gasteiger partial charge on any atom is -0.508 e. The molecular formula is C17H23NO4. The zero-order valence-electron chi connectivity index (χ0n) is 13.0. The number of hydrogen-bond donors (Lipinski definition) is 1. The largest absolute Gasteiger partial charge is 0.508 e. The predicted octanol–water partition coefficient (Wildman–Crippen LogP) is 2.05. The lowest BCUT2D eigenvalue weighted by molar-refractivity contribution is -0.167. The van der Waals surface area contributed by atoms with Crippen LogP contribution in [0.2, 0.25) is 0 Å². The van der Waals surface area contributed by atoms with Crippen molar-refractivity contribution in [3.63, 3.8) is 0 Å².